The lowest BCUT2D eigenvalue weighted by atomic mass is 9.96. The fourth-order valence-electron chi connectivity index (χ4n) is 2.77. The predicted octanol–water partition coefficient (Wildman–Crippen LogP) is 5.84. The second-order valence-electron chi connectivity index (χ2n) is 6.96. The van der Waals surface area contributed by atoms with Crippen LogP contribution in [0.1, 0.15) is 38.8 Å². The van der Waals surface area contributed by atoms with Crippen LogP contribution in [0, 0.1) is 34.9 Å². The molecule has 0 saturated carbocycles. The van der Waals surface area contributed by atoms with E-state index in [1.54, 1.807) is 0 Å². The highest BCUT2D eigenvalue weighted by atomic mass is 19.2. The van der Waals surface area contributed by atoms with Gasteiger partial charge in [0, 0.05) is 24.3 Å². The maximum atomic E-state index is 14.0. The molecule has 0 heterocycles. The van der Waals surface area contributed by atoms with Gasteiger partial charge in [-0.25, -0.2) is 31.1 Å². The molecule has 2 aromatic carbocycles. The van der Waals surface area contributed by atoms with Gasteiger partial charge in [0.05, 0.1) is 11.1 Å². The second-order valence-corrected chi connectivity index (χ2v) is 6.96. The van der Waals surface area contributed by atoms with Crippen molar-refractivity contribution in [3.63, 3.8) is 0 Å². The molecule has 0 aliphatic carbocycles. The first-order valence-electron chi connectivity index (χ1n) is 7.96. The summed E-state index contributed by atoms with van der Waals surface area (Å²) < 4.78 is 91.8. The molecule has 2 aromatic rings. The summed E-state index contributed by atoms with van der Waals surface area (Å²) in [5.74, 6) is -7.54. The maximum Gasteiger partial charge on any atom is 0.510 e. The number of hydrogen-bond acceptors (Lipinski definition) is 3. The minimum absolute atomic E-state index is 0.405. The van der Waals surface area contributed by atoms with E-state index in [0.29, 0.717) is 24.3 Å². The lowest BCUT2D eigenvalue weighted by molar-refractivity contribution is -0.0670. The van der Waals surface area contributed by atoms with Gasteiger partial charge in [0.2, 0.25) is 0 Å². The molecule has 28 heavy (non-hydrogen) atoms. The molecular formula is C19H16F6O3. The average Bonchev–Trinajstić information content (AvgIpc) is 2.41. The number of rotatable bonds is 4. The molecular weight excluding hydrogens is 390 g/mol. The van der Waals surface area contributed by atoms with Crippen molar-refractivity contribution in [2.75, 3.05) is 0 Å². The van der Waals surface area contributed by atoms with Crippen LogP contribution in [-0.2, 0) is 20.7 Å². The van der Waals surface area contributed by atoms with Crippen molar-refractivity contribution in [2.45, 2.75) is 38.9 Å². The number of benzene rings is 2. The summed E-state index contributed by atoms with van der Waals surface area (Å²) in [4.78, 5) is 12.1. The van der Waals surface area contributed by atoms with E-state index < -0.39 is 63.4 Å². The molecule has 0 radical (unpaired) electrons. The molecule has 0 amide bonds. The topological polar surface area (TPSA) is 35.5 Å². The van der Waals surface area contributed by atoms with Crippen LogP contribution in [0.15, 0.2) is 24.3 Å². The van der Waals surface area contributed by atoms with Crippen molar-refractivity contribution < 1.29 is 40.6 Å². The summed E-state index contributed by atoms with van der Waals surface area (Å²) in [5.41, 5.74) is -5.39. The molecule has 0 bridgehead atoms. The normalized spacial score (nSPS) is 12.1. The highest BCUT2D eigenvalue weighted by molar-refractivity contribution is 5.62. The number of ether oxygens (including phenoxy) is 2. The van der Waals surface area contributed by atoms with Crippen molar-refractivity contribution in [3.8, 4) is 0 Å². The lowest BCUT2D eigenvalue weighted by Crippen LogP contribution is -2.34. The summed E-state index contributed by atoms with van der Waals surface area (Å²) >= 11 is 0. The minimum atomic E-state index is -1.95. The third-order valence-electron chi connectivity index (χ3n) is 3.89. The van der Waals surface area contributed by atoms with Crippen LogP contribution in [0.5, 0.6) is 0 Å². The Morgan fingerprint density at radius 1 is 0.643 bits per heavy atom. The van der Waals surface area contributed by atoms with E-state index in [0.717, 1.165) is 27.7 Å². The molecule has 0 saturated heterocycles. The summed E-state index contributed by atoms with van der Waals surface area (Å²) in [6.07, 6.45) is -1.51. The zero-order valence-corrected chi connectivity index (χ0v) is 15.3. The minimum Gasteiger partial charge on any atom is -0.423 e. The van der Waals surface area contributed by atoms with Gasteiger partial charge in [-0.15, -0.1) is 0 Å². The number of carbonyl (C=O) groups is 1. The Balaban J connectivity index is 2.28. The molecule has 2 rings (SSSR count). The molecule has 0 aliphatic rings. The molecule has 3 nitrogen and oxygen atoms in total. The van der Waals surface area contributed by atoms with Crippen molar-refractivity contribution >= 4 is 6.16 Å². The molecule has 0 N–H and O–H groups in total. The van der Waals surface area contributed by atoms with Gasteiger partial charge in [-0.05, 0) is 27.7 Å². The van der Waals surface area contributed by atoms with Crippen molar-refractivity contribution in [2.24, 2.45) is 0 Å². The zero-order valence-electron chi connectivity index (χ0n) is 15.3. The van der Waals surface area contributed by atoms with E-state index in [-0.39, 0.29) is 0 Å². The van der Waals surface area contributed by atoms with Gasteiger partial charge in [-0.1, -0.05) is 0 Å². The molecule has 152 valence electrons. The SMILES string of the molecule is CC(C)(OC(=O)OC(C)(C)c1c(F)cc(F)cc1F)c1c(F)cc(F)cc1F. The van der Waals surface area contributed by atoms with Gasteiger partial charge >= 0.3 is 6.16 Å². The van der Waals surface area contributed by atoms with E-state index in [2.05, 4.69) is 0 Å². The van der Waals surface area contributed by atoms with E-state index in [9.17, 15) is 31.1 Å². The van der Waals surface area contributed by atoms with Crippen LogP contribution >= 0.6 is 0 Å². The third-order valence-corrected chi connectivity index (χ3v) is 3.89. The van der Waals surface area contributed by atoms with E-state index in [1.165, 1.54) is 0 Å². The summed E-state index contributed by atoms with van der Waals surface area (Å²) in [5, 5.41) is 0. The zero-order chi connectivity index (χ0) is 21.4. The second kappa shape index (κ2) is 7.37. The standard InChI is InChI=1S/C19H16F6O3/c1-18(2,15-11(22)5-9(20)6-12(15)23)27-17(26)28-19(3,4)16-13(24)7-10(21)8-14(16)25/h5-8H,1-4H3. The average molecular weight is 406 g/mol. The molecule has 0 aromatic heterocycles. The number of hydrogen-bond donors (Lipinski definition) is 0. The largest absolute Gasteiger partial charge is 0.510 e. The lowest BCUT2D eigenvalue weighted by Gasteiger charge is -2.30. The quantitative estimate of drug-likeness (QED) is 0.472. The maximum absolute atomic E-state index is 14.0. The third kappa shape index (κ3) is 4.40. The molecule has 0 aliphatic heterocycles. The Hall–Kier alpha value is -2.71. The van der Waals surface area contributed by atoms with Crippen LogP contribution < -0.4 is 0 Å². The van der Waals surface area contributed by atoms with E-state index in [4.69, 9.17) is 9.47 Å². The van der Waals surface area contributed by atoms with Crippen molar-refractivity contribution in [1.82, 2.24) is 0 Å². The summed E-state index contributed by atoms with van der Waals surface area (Å²) in [6, 6.07) is 1.62. The summed E-state index contributed by atoms with van der Waals surface area (Å²) in [6.45, 7) is 4.44. The predicted molar refractivity (Wildman–Crippen MR) is 86.3 cm³/mol. The Morgan fingerprint density at radius 2 is 0.893 bits per heavy atom. The Bertz CT molecular complexity index is 804. The fraction of sp³-hybridized carbons (Fsp3) is 0.316. The van der Waals surface area contributed by atoms with E-state index >= 15 is 0 Å². The highest BCUT2D eigenvalue weighted by Gasteiger charge is 2.37. The molecule has 0 unspecified atom stereocenters. The van der Waals surface area contributed by atoms with Gasteiger partial charge in [-0.3, -0.25) is 0 Å². The smallest absolute Gasteiger partial charge is 0.423 e. The molecule has 0 atom stereocenters. The molecule has 0 fully saturated rings. The fourth-order valence-corrected chi connectivity index (χ4v) is 2.77. The first kappa shape index (κ1) is 21.6. The van der Waals surface area contributed by atoms with Gasteiger partial charge in [-0.2, -0.15) is 0 Å². The monoisotopic (exact) mass is 406 g/mol. The van der Waals surface area contributed by atoms with Crippen molar-refractivity contribution in [3.05, 3.63) is 70.3 Å². The van der Waals surface area contributed by atoms with Crippen LogP contribution in [0.3, 0.4) is 0 Å². The number of carbonyl (C=O) groups excluding carboxylic acids is 1. The van der Waals surface area contributed by atoms with Gasteiger partial charge in [0.1, 0.15) is 46.1 Å². The Kier molecular flexibility index (Phi) is 5.68. The van der Waals surface area contributed by atoms with Gasteiger partial charge in [0.15, 0.2) is 0 Å². The summed E-state index contributed by atoms with van der Waals surface area (Å²) in [7, 11) is 0. The van der Waals surface area contributed by atoms with Crippen LogP contribution in [-0.4, -0.2) is 6.16 Å². The first-order chi connectivity index (χ1) is 12.7. The molecule has 0 spiro atoms. The highest BCUT2D eigenvalue weighted by Crippen LogP contribution is 2.34. The van der Waals surface area contributed by atoms with Gasteiger partial charge in [0.25, 0.3) is 0 Å². The van der Waals surface area contributed by atoms with Crippen LogP contribution in [0.2, 0.25) is 0 Å². The Labute approximate surface area is 156 Å². The van der Waals surface area contributed by atoms with Crippen LogP contribution in [0.4, 0.5) is 31.1 Å². The van der Waals surface area contributed by atoms with E-state index in [1.807, 2.05) is 0 Å². The van der Waals surface area contributed by atoms with Crippen LogP contribution in [0.25, 0.3) is 0 Å². The Morgan fingerprint density at radius 3 is 1.14 bits per heavy atom. The van der Waals surface area contributed by atoms with Crippen molar-refractivity contribution in [1.29, 1.82) is 0 Å². The first-order valence-corrected chi connectivity index (χ1v) is 7.96. The number of halogens is 6. The molecule has 9 heteroatoms. The van der Waals surface area contributed by atoms with Gasteiger partial charge < -0.3 is 9.47 Å².